The summed E-state index contributed by atoms with van der Waals surface area (Å²) in [6.07, 6.45) is 1.02. The van der Waals surface area contributed by atoms with Crippen molar-refractivity contribution >= 4 is 21.5 Å². The van der Waals surface area contributed by atoms with Crippen molar-refractivity contribution in [1.29, 1.82) is 0 Å². The molecule has 0 amide bonds. The Morgan fingerprint density at radius 3 is 2.54 bits per heavy atom. The van der Waals surface area contributed by atoms with E-state index in [1.807, 2.05) is 44.2 Å². The summed E-state index contributed by atoms with van der Waals surface area (Å²) in [4.78, 5) is 11.5. The molecule has 2 aliphatic heterocycles. The number of fused-ring (bicyclic) bond motifs is 3. The van der Waals surface area contributed by atoms with Gasteiger partial charge in [-0.05, 0) is 24.6 Å². The number of hydrogen-bond donors (Lipinski definition) is 2. The molecular weight excluding hydrogens is 376 g/mol. The number of carbonyl (C=O) groups excluding carboxylic acids is 1. The average molecular weight is 403 g/mol. The summed E-state index contributed by atoms with van der Waals surface area (Å²) in [5.41, 5.74) is 2.66. The summed E-state index contributed by atoms with van der Waals surface area (Å²) < 4.78 is 28.3. The molecule has 28 heavy (non-hydrogen) atoms. The summed E-state index contributed by atoms with van der Waals surface area (Å²) in [6.45, 7) is 5.44. The van der Waals surface area contributed by atoms with Gasteiger partial charge in [0.15, 0.2) is 5.78 Å². The molecule has 0 spiro atoms. The van der Waals surface area contributed by atoms with Crippen molar-refractivity contribution in [2.75, 3.05) is 18.5 Å². The summed E-state index contributed by atoms with van der Waals surface area (Å²) in [6, 6.07) is 14.3. The fourth-order valence-electron chi connectivity index (χ4n) is 3.48. The smallest absolute Gasteiger partial charge is 0.238 e. The van der Waals surface area contributed by atoms with E-state index in [1.165, 1.54) is 6.07 Å². The third-order valence-electron chi connectivity index (χ3n) is 5.01. The van der Waals surface area contributed by atoms with Gasteiger partial charge >= 0.3 is 0 Å². The van der Waals surface area contributed by atoms with Crippen molar-refractivity contribution in [3.8, 4) is 0 Å². The van der Waals surface area contributed by atoms with Crippen molar-refractivity contribution in [1.82, 2.24) is 0 Å². The Hall–Kier alpha value is -2.22. The number of benzene rings is 2. The molecule has 1 fully saturated rings. The number of primary sulfonamides is 1. The first kappa shape index (κ1) is 20.5. The number of ketones is 1. The topological polar surface area (TPSA) is 98.5 Å². The molecule has 2 unspecified atom stereocenters. The maximum Gasteiger partial charge on any atom is 0.238 e. The van der Waals surface area contributed by atoms with Gasteiger partial charge in [-0.15, -0.1) is 0 Å². The van der Waals surface area contributed by atoms with E-state index in [1.54, 1.807) is 12.1 Å². The maximum absolute atomic E-state index is 11.3. The standard InChI is InChI=1S/C11H14N2O3S.C10H12O/c12-17(14,15)8-1-2-10-9(5-8)11-7(6-13-10)3-4-16-11;1-8(2)10(11)9-6-4-3-5-7-9/h1-2,5,7,11,13H,3-4,6H2,(H2,12,14,15);3-8H,1-2H3. The molecule has 7 heteroatoms. The van der Waals surface area contributed by atoms with Gasteiger partial charge in [0.25, 0.3) is 0 Å². The van der Waals surface area contributed by atoms with E-state index in [9.17, 15) is 13.2 Å². The van der Waals surface area contributed by atoms with Crippen LogP contribution < -0.4 is 10.5 Å². The minimum absolute atomic E-state index is 0.00736. The fraction of sp³-hybridized carbons (Fsp3) is 0.381. The molecule has 3 N–H and O–H groups in total. The van der Waals surface area contributed by atoms with Crippen LogP contribution in [-0.2, 0) is 14.8 Å². The highest BCUT2D eigenvalue weighted by Gasteiger charge is 2.35. The van der Waals surface area contributed by atoms with E-state index in [0.717, 1.165) is 36.4 Å². The zero-order valence-corrected chi connectivity index (χ0v) is 16.9. The first-order valence-corrected chi connectivity index (χ1v) is 10.9. The Bertz CT molecular complexity index is 942. The molecular formula is C21H26N2O4S. The second-order valence-electron chi connectivity index (χ2n) is 7.40. The van der Waals surface area contributed by atoms with Crippen LogP contribution >= 0.6 is 0 Å². The lowest BCUT2D eigenvalue weighted by molar-refractivity contribution is 0.0910. The van der Waals surface area contributed by atoms with Crippen LogP contribution in [0.1, 0.15) is 42.3 Å². The van der Waals surface area contributed by atoms with Gasteiger partial charge < -0.3 is 10.1 Å². The van der Waals surface area contributed by atoms with Gasteiger partial charge in [-0.2, -0.15) is 0 Å². The highest BCUT2D eigenvalue weighted by atomic mass is 32.2. The third kappa shape index (κ3) is 4.60. The first-order valence-electron chi connectivity index (χ1n) is 9.39. The predicted octanol–water partition coefficient (Wildman–Crippen LogP) is 3.36. The van der Waals surface area contributed by atoms with Crippen molar-refractivity contribution in [2.45, 2.75) is 31.3 Å². The molecule has 2 aromatic rings. The Balaban J connectivity index is 0.000000178. The van der Waals surface area contributed by atoms with Crippen LogP contribution in [0.15, 0.2) is 53.4 Å². The van der Waals surface area contributed by atoms with Crippen LogP contribution in [0.3, 0.4) is 0 Å². The minimum atomic E-state index is -3.65. The Morgan fingerprint density at radius 2 is 1.89 bits per heavy atom. The second-order valence-corrected chi connectivity index (χ2v) is 8.96. The van der Waals surface area contributed by atoms with Gasteiger partial charge in [-0.1, -0.05) is 44.2 Å². The average Bonchev–Trinajstić information content (AvgIpc) is 3.16. The molecule has 0 aliphatic carbocycles. The normalized spacial score (nSPS) is 20.4. The molecule has 150 valence electrons. The summed E-state index contributed by atoms with van der Waals surface area (Å²) in [7, 11) is -3.65. The quantitative estimate of drug-likeness (QED) is 0.767. The van der Waals surface area contributed by atoms with E-state index in [-0.39, 0.29) is 22.7 Å². The minimum Gasteiger partial charge on any atom is -0.384 e. The van der Waals surface area contributed by atoms with Crippen molar-refractivity contribution in [3.63, 3.8) is 0 Å². The van der Waals surface area contributed by atoms with E-state index in [4.69, 9.17) is 9.88 Å². The molecule has 2 aromatic carbocycles. The highest BCUT2D eigenvalue weighted by molar-refractivity contribution is 7.89. The zero-order chi connectivity index (χ0) is 20.3. The lowest BCUT2D eigenvalue weighted by Gasteiger charge is -2.28. The fourth-order valence-corrected chi connectivity index (χ4v) is 4.03. The number of carbonyl (C=O) groups is 1. The number of hydrogen-bond acceptors (Lipinski definition) is 5. The molecule has 4 rings (SSSR count). The summed E-state index contributed by atoms with van der Waals surface area (Å²) in [5.74, 6) is 0.737. The van der Waals surface area contributed by atoms with Crippen LogP contribution in [0.4, 0.5) is 5.69 Å². The Labute approximate surface area is 166 Å². The van der Waals surface area contributed by atoms with E-state index >= 15 is 0 Å². The molecule has 2 heterocycles. The van der Waals surface area contributed by atoms with E-state index in [0.29, 0.717) is 5.92 Å². The van der Waals surface area contributed by atoms with Gasteiger partial charge in [0, 0.05) is 41.8 Å². The monoisotopic (exact) mass is 402 g/mol. The van der Waals surface area contributed by atoms with Crippen molar-refractivity contribution in [2.24, 2.45) is 17.0 Å². The third-order valence-corrected chi connectivity index (χ3v) is 5.92. The highest BCUT2D eigenvalue weighted by Crippen LogP contribution is 2.42. The lowest BCUT2D eigenvalue weighted by atomic mass is 9.91. The molecule has 2 aliphatic rings. The van der Waals surface area contributed by atoms with Crippen LogP contribution in [0.2, 0.25) is 0 Å². The zero-order valence-electron chi connectivity index (χ0n) is 16.1. The Morgan fingerprint density at radius 1 is 1.18 bits per heavy atom. The van der Waals surface area contributed by atoms with E-state index in [2.05, 4.69) is 5.32 Å². The largest absolute Gasteiger partial charge is 0.384 e. The molecule has 6 nitrogen and oxygen atoms in total. The van der Waals surface area contributed by atoms with Gasteiger partial charge in [0.2, 0.25) is 10.0 Å². The van der Waals surface area contributed by atoms with Crippen LogP contribution in [0.5, 0.6) is 0 Å². The number of Topliss-reactive ketones (excluding diaryl/α,β-unsaturated/α-hetero) is 1. The van der Waals surface area contributed by atoms with Gasteiger partial charge in [0.1, 0.15) is 0 Å². The number of ether oxygens (including phenoxy) is 1. The molecule has 0 aromatic heterocycles. The summed E-state index contributed by atoms with van der Waals surface area (Å²) in [5, 5.41) is 8.44. The molecule has 0 saturated carbocycles. The van der Waals surface area contributed by atoms with Crippen molar-refractivity contribution < 1.29 is 17.9 Å². The van der Waals surface area contributed by atoms with E-state index < -0.39 is 10.0 Å². The number of nitrogens with two attached hydrogens (primary N) is 1. The SMILES string of the molecule is CC(C)C(=O)c1ccccc1.NS(=O)(=O)c1ccc2c(c1)C1OCCC1CN2. The number of sulfonamides is 1. The van der Waals surface area contributed by atoms with Gasteiger partial charge in [-0.3, -0.25) is 4.79 Å². The molecule has 0 bridgehead atoms. The molecule has 0 radical (unpaired) electrons. The first-order chi connectivity index (χ1) is 13.3. The number of anilines is 1. The van der Waals surface area contributed by atoms with Crippen LogP contribution in [0, 0.1) is 11.8 Å². The van der Waals surface area contributed by atoms with Crippen LogP contribution in [-0.4, -0.2) is 27.4 Å². The van der Waals surface area contributed by atoms with Gasteiger partial charge in [0.05, 0.1) is 11.0 Å². The maximum atomic E-state index is 11.3. The summed E-state index contributed by atoms with van der Waals surface area (Å²) >= 11 is 0. The lowest BCUT2D eigenvalue weighted by Crippen LogP contribution is -2.25. The van der Waals surface area contributed by atoms with Crippen LogP contribution in [0.25, 0.3) is 0 Å². The second kappa shape index (κ2) is 8.43. The Kier molecular flexibility index (Phi) is 6.17. The number of rotatable bonds is 3. The van der Waals surface area contributed by atoms with Gasteiger partial charge in [-0.25, -0.2) is 13.6 Å². The molecule has 2 atom stereocenters. The molecule has 1 saturated heterocycles. The number of nitrogens with one attached hydrogen (secondary N) is 1. The van der Waals surface area contributed by atoms with Crippen molar-refractivity contribution in [3.05, 3.63) is 59.7 Å². The predicted molar refractivity (Wildman–Crippen MR) is 109 cm³/mol.